The number of urea groups is 1. The number of nitrogens with zero attached hydrogens (tertiary/aromatic N) is 1. The van der Waals surface area contributed by atoms with E-state index in [0.717, 1.165) is 23.1 Å². The molecule has 20 heavy (non-hydrogen) atoms. The van der Waals surface area contributed by atoms with Gasteiger partial charge in [0.2, 0.25) is 5.91 Å². The summed E-state index contributed by atoms with van der Waals surface area (Å²) in [6, 6.07) is 2.25. The monoisotopic (exact) mass is 283 g/mol. The zero-order valence-electron chi connectivity index (χ0n) is 10.7. The van der Waals surface area contributed by atoms with Crippen molar-refractivity contribution in [2.24, 2.45) is 5.73 Å². The normalized spacial score (nSPS) is 9.90. The molecular weight excluding hydrogens is 269 g/mol. The van der Waals surface area contributed by atoms with E-state index >= 15 is 0 Å². The van der Waals surface area contributed by atoms with E-state index in [4.69, 9.17) is 10.8 Å². The summed E-state index contributed by atoms with van der Waals surface area (Å²) in [5.74, 6) is -2.80. The van der Waals surface area contributed by atoms with Crippen molar-refractivity contribution >= 4 is 23.6 Å². The number of carbonyl (C=O) groups excluding carboxylic acids is 2. The molecular formula is C12H14FN3O4. The molecule has 0 saturated heterocycles. The third-order valence-corrected chi connectivity index (χ3v) is 2.47. The molecule has 108 valence electrons. The third kappa shape index (κ3) is 3.94. The zero-order chi connectivity index (χ0) is 15.3. The number of primary amides is 1. The van der Waals surface area contributed by atoms with Crippen LogP contribution < -0.4 is 11.1 Å². The van der Waals surface area contributed by atoms with E-state index in [9.17, 15) is 18.8 Å². The van der Waals surface area contributed by atoms with E-state index in [2.05, 4.69) is 5.32 Å². The van der Waals surface area contributed by atoms with E-state index in [1.807, 2.05) is 0 Å². The second kappa shape index (κ2) is 6.50. The first kappa shape index (κ1) is 15.4. The summed E-state index contributed by atoms with van der Waals surface area (Å²) >= 11 is 0. The van der Waals surface area contributed by atoms with Crippen molar-refractivity contribution in [2.45, 2.75) is 6.92 Å². The Bertz CT molecular complexity index is 548. The van der Waals surface area contributed by atoms with Crippen LogP contribution in [0, 0.1) is 5.82 Å². The minimum absolute atomic E-state index is 0.0631. The number of hydrogen-bond acceptors (Lipinski definition) is 3. The van der Waals surface area contributed by atoms with Gasteiger partial charge >= 0.3 is 12.0 Å². The predicted octanol–water partition coefficient (Wildman–Crippen LogP) is 0.863. The van der Waals surface area contributed by atoms with Gasteiger partial charge in [-0.3, -0.25) is 4.79 Å². The number of rotatable bonds is 5. The standard InChI is InChI=1S/C12H14FN3O4/c1-2-16(6-10(14)17)12(20)15-9-4-3-7(13)5-8(9)11(18)19/h3-5H,2,6H2,1H3,(H2,14,17)(H,15,20)(H,18,19). The number of benzene rings is 1. The van der Waals surface area contributed by atoms with Crippen LogP contribution in [0.3, 0.4) is 0 Å². The number of nitrogens with two attached hydrogens (primary N) is 1. The van der Waals surface area contributed by atoms with E-state index in [1.54, 1.807) is 6.92 Å². The first-order valence-electron chi connectivity index (χ1n) is 5.72. The fraction of sp³-hybridized carbons (Fsp3) is 0.250. The Balaban J connectivity index is 2.95. The van der Waals surface area contributed by atoms with Gasteiger partial charge in [0.15, 0.2) is 0 Å². The second-order valence-corrected chi connectivity index (χ2v) is 3.91. The molecule has 0 aliphatic heterocycles. The molecule has 1 rings (SSSR count). The van der Waals surface area contributed by atoms with E-state index in [-0.39, 0.29) is 24.3 Å². The highest BCUT2D eigenvalue weighted by Gasteiger charge is 2.18. The van der Waals surface area contributed by atoms with Gasteiger partial charge < -0.3 is 21.1 Å². The Morgan fingerprint density at radius 1 is 1.40 bits per heavy atom. The smallest absolute Gasteiger partial charge is 0.337 e. The highest BCUT2D eigenvalue weighted by Crippen LogP contribution is 2.17. The Morgan fingerprint density at radius 3 is 2.55 bits per heavy atom. The fourth-order valence-corrected chi connectivity index (χ4v) is 1.51. The van der Waals surface area contributed by atoms with Crippen LogP contribution in [0.15, 0.2) is 18.2 Å². The highest BCUT2D eigenvalue weighted by atomic mass is 19.1. The molecule has 0 aliphatic rings. The first-order chi connectivity index (χ1) is 9.35. The third-order valence-electron chi connectivity index (χ3n) is 2.47. The maximum absolute atomic E-state index is 13.0. The zero-order valence-corrected chi connectivity index (χ0v) is 10.7. The number of amides is 3. The van der Waals surface area contributed by atoms with Gasteiger partial charge in [-0.05, 0) is 25.1 Å². The molecule has 4 N–H and O–H groups in total. The summed E-state index contributed by atoms with van der Waals surface area (Å²) in [7, 11) is 0. The lowest BCUT2D eigenvalue weighted by molar-refractivity contribution is -0.118. The van der Waals surface area contributed by atoms with Crippen LogP contribution >= 0.6 is 0 Å². The molecule has 0 atom stereocenters. The molecule has 8 heteroatoms. The number of halogens is 1. The molecule has 0 radical (unpaired) electrons. The van der Waals surface area contributed by atoms with Crippen LogP contribution in [-0.4, -0.2) is 41.0 Å². The van der Waals surface area contributed by atoms with Crippen LogP contribution in [-0.2, 0) is 4.79 Å². The largest absolute Gasteiger partial charge is 0.478 e. The lowest BCUT2D eigenvalue weighted by Gasteiger charge is -2.20. The lowest BCUT2D eigenvalue weighted by atomic mass is 10.1. The van der Waals surface area contributed by atoms with Gasteiger partial charge in [-0.2, -0.15) is 0 Å². The van der Waals surface area contributed by atoms with Crippen molar-refractivity contribution in [3.8, 4) is 0 Å². The average Bonchev–Trinajstić information content (AvgIpc) is 2.37. The van der Waals surface area contributed by atoms with Gasteiger partial charge in [0, 0.05) is 6.54 Å². The summed E-state index contributed by atoms with van der Waals surface area (Å²) < 4.78 is 13.0. The highest BCUT2D eigenvalue weighted by molar-refractivity contribution is 6.00. The number of nitrogens with one attached hydrogen (secondary N) is 1. The van der Waals surface area contributed by atoms with Gasteiger partial charge in [0.05, 0.1) is 11.3 Å². The van der Waals surface area contributed by atoms with E-state index < -0.39 is 23.7 Å². The molecule has 0 bridgehead atoms. The number of likely N-dealkylation sites (N-methyl/N-ethyl adjacent to an activating group) is 1. The van der Waals surface area contributed by atoms with Crippen LogP contribution in [0.1, 0.15) is 17.3 Å². The first-order valence-corrected chi connectivity index (χ1v) is 5.72. The molecule has 7 nitrogen and oxygen atoms in total. The van der Waals surface area contributed by atoms with Crippen molar-refractivity contribution in [1.82, 2.24) is 4.90 Å². The van der Waals surface area contributed by atoms with Crippen molar-refractivity contribution in [3.63, 3.8) is 0 Å². The van der Waals surface area contributed by atoms with Crippen molar-refractivity contribution in [2.75, 3.05) is 18.4 Å². The molecule has 0 aromatic heterocycles. The summed E-state index contributed by atoms with van der Waals surface area (Å²) in [6.45, 7) is 1.54. The molecule has 1 aromatic carbocycles. The Hall–Kier alpha value is -2.64. The molecule has 3 amide bonds. The molecule has 0 fully saturated rings. The number of carbonyl (C=O) groups is 3. The number of carboxylic acids is 1. The van der Waals surface area contributed by atoms with Crippen LogP contribution in [0.2, 0.25) is 0 Å². The van der Waals surface area contributed by atoms with Crippen molar-refractivity contribution in [3.05, 3.63) is 29.6 Å². The van der Waals surface area contributed by atoms with Crippen molar-refractivity contribution in [1.29, 1.82) is 0 Å². The van der Waals surface area contributed by atoms with Gasteiger partial charge in [-0.25, -0.2) is 14.0 Å². The lowest BCUT2D eigenvalue weighted by Crippen LogP contribution is -2.41. The van der Waals surface area contributed by atoms with Gasteiger partial charge in [0.25, 0.3) is 0 Å². The maximum Gasteiger partial charge on any atom is 0.337 e. The number of aromatic carboxylic acids is 1. The number of hydrogen-bond donors (Lipinski definition) is 3. The molecule has 1 aromatic rings. The average molecular weight is 283 g/mol. The molecule has 0 saturated carbocycles. The molecule has 0 unspecified atom stereocenters. The van der Waals surface area contributed by atoms with Gasteiger partial charge in [0.1, 0.15) is 12.4 Å². The van der Waals surface area contributed by atoms with Gasteiger partial charge in [-0.1, -0.05) is 0 Å². The van der Waals surface area contributed by atoms with Crippen LogP contribution in [0.25, 0.3) is 0 Å². The number of carboxylic acid groups (broad SMARTS) is 1. The Kier molecular flexibility index (Phi) is 5.01. The van der Waals surface area contributed by atoms with Gasteiger partial charge in [-0.15, -0.1) is 0 Å². The fourth-order valence-electron chi connectivity index (χ4n) is 1.51. The summed E-state index contributed by atoms with van der Waals surface area (Å²) in [5, 5.41) is 11.2. The topological polar surface area (TPSA) is 113 Å². The summed E-state index contributed by atoms with van der Waals surface area (Å²) in [6.07, 6.45) is 0. The van der Waals surface area contributed by atoms with E-state index in [0.29, 0.717) is 0 Å². The van der Waals surface area contributed by atoms with Crippen LogP contribution in [0.5, 0.6) is 0 Å². The molecule has 0 heterocycles. The minimum Gasteiger partial charge on any atom is -0.478 e. The second-order valence-electron chi connectivity index (χ2n) is 3.91. The van der Waals surface area contributed by atoms with Crippen molar-refractivity contribution < 1.29 is 23.9 Å². The summed E-state index contributed by atoms with van der Waals surface area (Å²) in [5.41, 5.74) is 4.55. The van der Waals surface area contributed by atoms with Crippen LogP contribution in [0.4, 0.5) is 14.9 Å². The maximum atomic E-state index is 13.0. The Labute approximate surface area is 114 Å². The SMILES string of the molecule is CCN(CC(N)=O)C(=O)Nc1ccc(F)cc1C(=O)O. The number of anilines is 1. The Morgan fingerprint density at radius 2 is 2.05 bits per heavy atom. The minimum atomic E-state index is -1.38. The predicted molar refractivity (Wildman–Crippen MR) is 68.8 cm³/mol. The van der Waals surface area contributed by atoms with E-state index in [1.165, 1.54) is 0 Å². The summed E-state index contributed by atoms with van der Waals surface area (Å²) in [4.78, 5) is 34.7. The molecule has 0 aliphatic carbocycles. The quantitative estimate of drug-likeness (QED) is 0.743. The molecule has 0 spiro atoms.